The zero-order chi connectivity index (χ0) is 17.9. The Hall–Kier alpha value is -3.16. The van der Waals surface area contributed by atoms with Gasteiger partial charge in [-0.25, -0.2) is 9.78 Å². The molecule has 8 heteroatoms. The predicted molar refractivity (Wildman–Crippen MR) is 89.4 cm³/mol. The van der Waals surface area contributed by atoms with E-state index >= 15 is 0 Å². The van der Waals surface area contributed by atoms with E-state index in [0.29, 0.717) is 24.7 Å². The minimum absolute atomic E-state index is 0.0770. The molecule has 0 radical (unpaired) electrons. The fraction of sp³-hybridized carbons (Fsp3) is 0.294. The molecule has 1 saturated heterocycles. The van der Waals surface area contributed by atoms with Gasteiger partial charge in [0, 0.05) is 25.9 Å². The van der Waals surface area contributed by atoms with E-state index in [2.05, 4.69) is 9.97 Å². The highest BCUT2D eigenvalue weighted by molar-refractivity contribution is 5.90. The molecule has 25 heavy (non-hydrogen) atoms. The van der Waals surface area contributed by atoms with Crippen molar-refractivity contribution in [1.29, 1.82) is 0 Å². The lowest BCUT2D eigenvalue weighted by Crippen LogP contribution is -2.53. The minimum Gasteiger partial charge on any atom is -0.478 e. The van der Waals surface area contributed by atoms with Crippen LogP contribution < -0.4 is 15.4 Å². The maximum Gasteiger partial charge on any atom is 0.348 e. The van der Waals surface area contributed by atoms with Gasteiger partial charge in [0.25, 0.3) is 5.91 Å². The fourth-order valence-electron chi connectivity index (χ4n) is 2.80. The van der Waals surface area contributed by atoms with Crippen molar-refractivity contribution < 1.29 is 19.4 Å². The first-order valence-electron chi connectivity index (χ1n) is 7.84. The highest BCUT2D eigenvalue weighted by Crippen LogP contribution is 2.30. The maximum absolute atomic E-state index is 11.8. The summed E-state index contributed by atoms with van der Waals surface area (Å²) in [5, 5.41) is 9.69. The molecule has 0 bridgehead atoms. The molecule has 130 valence electrons. The van der Waals surface area contributed by atoms with E-state index in [1.54, 1.807) is 24.3 Å². The number of para-hydroxylation sites is 1. The number of carboxylic acids is 1. The Bertz CT molecular complexity index is 773. The Morgan fingerprint density at radius 3 is 2.44 bits per heavy atom. The lowest BCUT2D eigenvalue weighted by molar-refractivity contribution is -0.157. The van der Waals surface area contributed by atoms with Gasteiger partial charge in [0.2, 0.25) is 5.60 Å². The number of carbonyl (C=O) groups excluding carboxylic acids is 1. The number of nitrogens with zero attached hydrogens (tertiary/aromatic N) is 3. The first-order chi connectivity index (χ1) is 12.0. The topological polar surface area (TPSA) is 119 Å². The average Bonchev–Trinajstić information content (AvgIpc) is 2.63. The molecule has 0 atom stereocenters. The van der Waals surface area contributed by atoms with Gasteiger partial charge in [-0.15, -0.1) is 0 Å². The zero-order valence-electron chi connectivity index (χ0n) is 13.5. The maximum atomic E-state index is 11.8. The van der Waals surface area contributed by atoms with E-state index in [1.807, 2.05) is 11.0 Å². The molecule has 1 aromatic heterocycles. The van der Waals surface area contributed by atoms with Crippen molar-refractivity contribution in [2.75, 3.05) is 18.0 Å². The van der Waals surface area contributed by atoms with Crippen LogP contribution in [-0.4, -0.2) is 45.6 Å². The summed E-state index contributed by atoms with van der Waals surface area (Å²) < 4.78 is 5.81. The monoisotopic (exact) mass is 342 g/mol. The summed E-state index contributed by atoms with van der Waals surface area (Å²) in [7, 11) is 0. The second-order valence-corrected chi connectivity index (χ2v) is 5.83. The summed E-state index contributed by atoms with van der Waals surface area (Å²) in [5.41, 5.74) is 4.02. The number of primary amides is 1. The highest BCUT2D eigenvalue weighted by atomic mass is 16.5. The van der Waals surface area contributed by atoms with Crippen molar-refractivity contribution in [2.45, 2.75) is 18.4 Å². The van der Waals surface area contributed by atoms with Crippen LogP contribution in [0, 0.1) is 0 Å². The molecule has 3 rings (SSSR count). The number of rotatable bonds is 5. The van der Waals surface area contributed by atoms with Crippen LogP contribution in [0.15, 0.2) is 42.7 Å². The van der Waals surface area contributed by atoms with Crippen LogP contribution in [0.4, 0.5) is 5.82 Å². The number of carbonyl (C=O) groups is 2. The van der Waals surface area contributed by atoms with Crippen molar-refractivity contribution in [1.82, 2.24) is 9.97 Å². The van der Waals surface area contributed by atoms with Gasteiger partial charge in [0.15, 0.2) is 0 Å². The van der Waals surface area contributed by atoms with Gasteiger partial charge in [-0.2, -0.15) is 0 Å². The second-order valence-electron chi connectivity index (χ2n) is 5.83. The largest absolute Gasteiger partial charge is 0.478 e. The number of aliphatic carboxylic acids is 1. The molecule has 8 nitrogen and oxygen atoms in total. The smallest absolute Gasteiger partial charge is 0.348 e. The van der Waals surface area contributed by atoms with Gasteiger partial charge in [-0.3, -0.25) is 9.78 Å². The normalized spacial score (nSPS) is 16.2. The number of benzene rings is 1. The summed E-state index contributed by atoms with van der Waals surface area (Å²) in [6, 6.07) is 8.90. The molecule has 0 aliphatic carbocycles. The molecular formula is C17H18N4O4. The number of carboxylic acid groups (broad SMARTS) is 1. The van der Waals surface area contributed by atoms with Gasteiger partial charge >= 0.3 is 5.97 Å². The van der Waals surface area contributed by atoms with Crippen molar-refractivity contribution in [3.63, 3.8) is 0 Å². The minimum atomic E-state index is -1.29. The standard InChI is InChI=1S/C17H18N4O4/c18-15(22)13-10-19-11-14(20-13)21-8-6-17(7-9-21,16(23)24)25-12-4-2-1-3-5-12/h1-5,10-11H,6-9H2,(H2,18,22)(H,23,24). The molecule has 0 unspecified atom stereocenters. The van der Waals surface area contributed by atoms with Crippen molar-refractivity contribution in [3.05, 3.63) is 48.4 Å². The molecule has 0 saturated carbocycles. The molecule has 1 amide bonds. The molecule has 3 N–H and O–H groups in total. The van der Waals surface area contributed by atoms with E-state index in [0.717, 1.165) is 0 Å². The molecule has 2 heterocycles. The summed E-state index contributed by atoms with van der Waals surface area (Å²) in [6.07, 6.45) is 3.38. The van der Waals surface area contributed by atoms with E-state index in [1.165, 1.54) is 12.4 Å². The number of amides is 1. The van der Waals surface area contributed by atoms with Gasteiger partial charge in [-0.05, 0) is 12.1 Å². The van der Waals surface area contributed by atoms with Gasteiger partial charge in [0.1, 0.15) is 17.3 Å². The Morgan fingerprint density at radius 1 is 1.16 bits per heavy atom. The van der Waals surface area contributed by atoms with Crippen LogP contribution in [0.5, 0.6) is 5.75 Å². The number of hydrogen-bond acceptors (Lipinski definition) is 6. The van der Waals surface area contributed by atoms with E-state index in [4.69, 9.17) is 10.5 Å². The number of hydrogen-bond donors (Lipinski definition) is 2. The number of nitrogens with two attached hydrogens (primary N) is 1. The third-order valence-electron chi connectivity index (χ3n) is 4.22. The zero-order valence-corrected chi connectivity index (χ0v) is 13.5. The van der Waals surface area contributed by atoms with Crippen LogP contribution in [0.1, 0.15) is 23.3 Å². The summed E-state index contributed by atoms with van der Waals surface area (Å²) in [5.74, 6) is -0.629. The third-order valence-corrected chi connectivity index (χ3v) is 4.22. The summed E-state index contributed by atoms with van der Waals surface area (Å²) >= 11 is 0. The van der Waals surface area contributed by atoms with Crippen molar-refractivity contribution in [3.8, 4) is 5.75 Å². The predicted octanol–water partition coefficient (Wildman–Crippen LogP) is 1.08. The summed E-state index contributed by atoms with van der Waals surface area (Å²) in [6.45, 7) is 0.825. The number of ether oxygens (including phenoxy) is 1. The molecule has 1 aliphatic rings. The second kappa shape index (κ2) is 6.76. The van der Waals surface area contributed by atoms with Crippen LogP contribution in [0.2, 0.25) is 0 Å². The van der Waals surface area contributed by atoms with Crippen molar-refractivity contribution in [2.24, 2.45) is 5.73 Å². The SMILES string of the molecule is NC(=O)c1cncc(N2CCC(Oc3ccccc3)(C(=O)O)CC2)n1. The van der Waals surface area contributed by atoms with Crippen LogP contribution in [0.3, 0.4) is 0 Å². The Morgan fingerprint density at radius 2 is 1.84 bits per heavy atom. The molecule has 0 spiro atoms. The van der Waals surface area contributed by atoms with E-state index in [9.17, 15) is 14.7 Å². The first-order valence-corrected chi connectivity index (χ1v) is 7.84. The number of anilines is 1. The number of piperidine rings is 1. The van der Waals surface area contributed by atoms with E-state index in [-0.39, 0.29) is 18.5 Å². The lowest BCUT2D eigenvalue weighted by atomic mass is 9.91. The average molecular weight is 342 g/mol. The molecular weight excluding hydrogens is 324 g/mol. The third kappa shape index (κ3) is 3.52. The van der Waals surface area contributed by atoms with Crippen LogP contribution in [0.25, 0.3) is 0 Å². The molecule has 2 aromatic rings. The lowest BCUT2D eigenvalue weighted by Gasteiger charge is -2.39. The van der Waals surface area contributed by atoms with Gasteiger partial charge < -0.3 is 20.5 Å². The molecule has 1 fully saturated rings. The Labute approximate surface area is 144 Å². The summed E-state index contributed by atoms with van der Waals surface area (Å²) in [4.78, 5) is 33.1. The van der Waals surface area contributed by atoms with Crippen LogP contribution in [-0.2, 0) is 4.79 Å². The Balaban J connectivity index is 1.75. The number of aromatic nitrogens is 2. The fourth-order valence-corrected chi connectivity index (χ4v) is 2.80. The van der Waals surface area contributed by atoms with Crippen LogP contribution >= 0.6 is 0 Å². The highest BCUT2D eigenvalue weighted by Gasteiger charge is 2.44. The quantitative estimate of drug-likeness (QED) is 0.834. The van der Waals surface area contributed by atoms with Gasteiger partial charge in [-0.1, -0.05) is 18.2 Å². The van der Waals surface area contributed by atoms with Gasteiger partial charge in [0.05, 0.1) is 12.4 Å². The molecule has 1 aliphatic heterocycles. The Kier molecular flexibility index (Phi) is 4.51. The van der Waals surface area contributed by atoms with Crippen molar-refractivity contribution >= 4 is 17.7 Å². The molecule has 1 aromatic carbocycles. The van der Waals surface area contributed by atoms with E-state index < -0.39 is 17.5 Å². The first kappa shape index (κ1) is 16.7.